The van der Waals surface area contributed by atoms with Gasteiger partial charge in [-0.05, 0) is 33.6 Å². The monoisotopic (exact) mass is 462 g/mol. The Bertz CT molecular complexity index is 921. The maximum Gasteiger partial charge on any atom is 0.410 e. The number of amides is 1. The summed E-state index contributed by atoms with van der Waals surface area (Å²) in [6, 6.07) is 1.63. The van der Waals surface area contributed by atoms with Crippen molar-refractivity contribution in [1.82, 2.24) is 14.9 Å². The SMILES string of the molecule is CN1CC2(CCN(c3nc(Cl)nc4c(F)c(Br)c(Cl)cc34)CC2)OC1=O. The highest BCUT2D eigenvalue weighted by Gasteiger charge is 2.46. The average molecular weight is 464 g/mol. The molecule has 0 radical (unpaired) electrons. The van der Waals surface area contributed by atoms with E-state index in [-0.39, 0.29) is 26.4 Å². The molecule has 1 aromatic carbocycles. The van der Waals surface area contributed by atoms with Gasteiger partial charge in [-0.1, -0.05) is 11.6 Å². The molecule has 1 aromatic heterocycles. The van der Waals surface area contributed by atoms with Gasteiger partial charge in [-0.15, -0.1) is 0 Å². The van der Waals surface area contributed by atoms with E-state index < -0.39 is 11.4 Å². The number of carbonyl (C=O) groups excluding carboxylic acids is 1. The Labute approximate surface area is 167 Å². The molecule has 26 heavy (non-hydrogen) atoms. The first-order valence-electron chi connectivity index (χ1n) is 7.99. The highest BCUT2D eigenvalue weighted by Crippen LogP contribution is 2.38. The second-order valence-electron chi connectivity index (χ2n) is 6.59. The highest BCUT2D eigenvalue weighted by molar-refractivity contribution is 9.10. The van der Waals surface area contributed by atoms with Crippen molar-refractivity contribution < 1.29 is 13.9 Å². The van der Waals surface area contributed by atoms with Crippen LogP contribution < -0.4 is 4.90 Å². The Balaban J connectivity index is 1.69. The number of likely N-dealkylation sites (N-methyl/N-ethyl adjacent to an activating group) is 1. The molecule has 2 saturated heterocycles. The van der Waals surface area contributed by atoms with Crippen LogP contribution in [0, 0.1) is 5.82 Å². The number of fused-ring (bicyclic) bond motifs is 1. The minimum absolute atomic E-state index is 0.0343. The second kappa shape index (κ2) is 6.35. The number of hydrogen-bond donors (Lipinski definition) is 0. The van der Waals surface area contributed by atoms with Gasteiger partial charge in [0.25, 0.3) is 0 Å². The van der Waals surface area contributed by atoms with Crippen LogP contribution in [0.5, 0.6) is 0 Å². The summed E-state index contributed by atoms with van der Waals surface area (Å²) in [5.74, 6) is -0.0429. The van der Waals surface area contributed by atoms with Crippen molar-refractivity contribution in [2.45, 2.75) is 18.4 Å². The molecule has 4 rings (SSSR count). The van der Waals surface area contributed by atoms with Crippen LogP contribution in [0.2, 0.25) is 10.3 Å². The van der Waals surface area contributed by atoms with Crippen LogP contribution >= 0.6 is 39.1 Å². The number of aromatic nitrogens is 2. The summed E-state index contributed by atoms with van der Waals surface area (Å²) in [7, 11) is 1.73. The van der Waals surface area contributed by atoms with Gasteiger partial charge in [0.05, 0.1) is 16.0 Å². The van der Waals surface area contributed by atoms with E-state index in [0.717, 1.165) is 0 Å². The standard InChI is InChI=1S/C16H14BrCl2FN4O2/c1-23-7-16(26-15(23)25)2-4-24(5-3-16)13-8-6-9(18)10(17)11(20)12(8)21-14(19)22-13/h6H,2-5,7H2,1H3. The molecule has 3 heterocycles. The molecular formula is C16H14BrCl2FN4O2. The summed E-state index contributed by atoms with van der Waals surface area (Å²) in [6.45, 7) is 1.76. The number of nitrogens with zero attached hydrogens (tertiary/aromatic N) is 4. The quantitative estimate of drug-likeness (QED) is 0.467. The summed E-state index contributed by atoms with van der Waals surface area (Å²) >= 11 is 15.3. The summed E-state index contributed by atoms with van der Waals surface area (Å²) in [5.41, 5.74) is -0.357. The van der Waals surface area contributed by atoms with Crippen LogP contribution in [0.3, 0.4) is 0 Å². The number of ether oxygens (including phenoxy) is 1. The molecule has 2 aliphatic heterocycles. The van der Waals surface area contributed by atoms with E-state index in [2.05, 4.69) is 25.9 Å². The van der Waals surface area contributed by atoms with Crippen LogP contribution in [-0.4, -0.2) is 53.2 Å². The van der Waals surface area contributed by atoms with Gasteiger partial charge in [0.15, 0.2) is 5.82 Å². The minimum Gasteiger partial charge on any atom is -0.441 e. The summed E-state index contributed by atoms with van der Waals surface area (Å²) in [5, 5.41) is 0.700. The maximum atomic E-state index is 14.6. The molecule has 1 spiro atoms. The van der Waals surface area contributed by atoms with Crippen molar-refractivity contribution in [1.29, 1.82) is 0 Å². The lowest BCUT2D eigenvalue weighted by atomic mass is 9.91. The topological polar surface area (TPSA) is 58.6 Å². The maximum absolute atomic E-state index is 14.6. The van der Waals surface area contributed by atoms with Gasteiger partial charge in [0.1, 0.15) is 16.9 Å². The normalized spacial score (nSPS) is 19.5. The summed E-state index contributed by atoms with van der Waals surface area (Å²) in [6.07, 6.45) is 1.01. The number of carbonyl (C=O) groups is 1. The zero-order chi connectivity index (χ0) is 18.6. The summed E-state index contributed by atoms with van der Waals surface area (Å²) < 4.78 is 20.3. The third-order valence-corrected chi connectivity index (χ3v) is 6.37. The first-order valence-corrected chi connectivity index (χ1v) is 9.54. The zero-order valence-corrected chi connectivity index (χ0v) is 16.8. The second-order valence-corrected chi connectivity index (χ2v) is 8.13. The highest BCUT2D eigenvalue weighted by atomic mass is 79.9. The number of anilines is 1. The van der Waals surface area contributed by atoms with Crippen LogP contribution in [0.25, 0.3) is 10.9 Å². The molecule has 1 amide bonds. The van der Waals surface area contributed by atoms with Crippen LogP contribution in [-0.2, 0) is 4.74 Å². The fraction of sp³-hybridized carbons (Fsp3) is 0.438. The molecule has 2 aromatic rings. The minimum atomic E-state index is -0.571. The number of benzene rings is 1. The third kappa shape index (κ3) is 2.88. The molecule has 2 aliphatic rings. The smallest absolute Gasteiger partial charge is 0.410 e. The fourth-order valence-electron chi connectivity index (χ4n) is 3.55. The number of halogens is 4. The van der Waals surface area contributed by atoms with Crippen molar-refractivity contribution in [2.75, 3.05) is 31.6 Å². The lowest BCUT2D eigenvalue weighted by Gasteiger charge is -2.38. The van der Waals surface area contributed by atoms with Crippen LogP contribution in [0.15, 0.2) is 10.5 Å². The van der Waals surface area contributed by atoms with Gasteiger partial charge in [-0.3, -0.25) is 0 Å². The van der Waals surface area contributed by atoms with Gasteiger partial charge in [0.2, 0.25) is 5.28 Å². The van der Waals surface area contributed by atoms with E-state index in [1.165, 1.54) is 0 Å². The zero-order valence-electron chi connectivity index (χ0n) is 13.7. The largest absolute Gasteiger partial charge is 0.441 e. The Morgan fingerprint density at radius 1 is 1.31 bits per heavy atom. The molecule has 0 N–H and O–H groups in total. The fourth-order valence-corrected chi connectivity index (χ4v) is 4.21. The van der Waals surface area contributed by atoms with E-state index in [9.17, 15) is 9.18 Å². The Morgan fingerprint density at radius 2 is 2.00 bits per heavy atom. The predicted octanol–water partition coefficient (Wildman–Crippen LogP) is 4.26. The van der Waals surface area contributed by atoms with E-state index in [1.807, 2.05) is 4.90 Å². The molecule has 2 fully saturated rings. The number of piperidine rings is 1. The van der Waals surface area contributed by atoms with Gasteiger partial charge < -0.3 is 14.5 Å². The predicted molar refractivity (Wildman–Crippen MR) is 101 cm³/mol. The van der Waals surface area contributed by atoms with Crippen molar-refractivity contribution >= 4 is 61.9 Å². The first kappa shape index (κ1) is 18.0. The number of rotatable bonds is 1. The Hall–Kier alpha value is -1.38. The molecular weight excluding hydrogens is 450 g/mol. The van der Waals surface area contributed by atoms with E-state index in [1.54, 1.807) is 18.0 Å². The van der Waals surface area contributed by atoms with Gasteiger partial charge in [-0.2, -0.15) is 4.98 Å². The molecule has 0 unspecified atom stereocenters. The van der Waals surface area contributed by atoms with Crippen molar-refractivity contribution in [2.24, 2.45) is 0 Å². The van der Waals surface area contributed by atoms with Crippen molar-refractivity contribution in [3.63, 3.8) is 0 Å². The van der Waals surface area contributed by atoms with Crippen LogP contribution in [0.1, 0.15) is 12.8 Å². The third-order valence-electron chi connectivity index (χ3n) is 4.89. The van der Waals surface area contributed by atoms with Crippen molar-refractivity contribution in [3.8, 4) is 0 Å². The molecule has 10 heteroatoms. The van der Waals surface area contributed by atoms with Gasteiger partial charge >= 0.3 is 6.09 Å². The van der Waals surface area contributed by atoms with Crippen molar-refractivity contribution in [3.05, 3.63) is 26.7 Å². The summed E-state index contributed by atoms with van der Waals surface area (Å²) in [4.78, 5) is 23.6. The molecule has 138 valence electrons. The Kier molecular flexibility index (Phi) is 4.40. The molecule has 0 saturated carbocycles. The van der Waals surface area contributed by atoms with Crippen LogP contribution in [0.4, 0.5) is 15.0 Å². The molecule has 0 bridgehead atoms. The lowest BCUT2D eigenvalue weighted by Crippen LogP contribution is -2.47. The molecule has 0 aliphatic carbocycles. The van der Waals surface area contributed by atoms with Gasteiger partial charge in [-0.25, -0.2) is 14.2 Å². The number of hydrogen-bond acceptors (Lipinski definition) is 5. The van der Waals surface area contributed by atoms with Gasteiger partial charge in [0, 0.05) is 38.4 Å². The molecule has 0 atom stereocenters. The first-order chi connectivity index (χ1) is 12.3. The molecule has 6 nitrogen and oxygen atoms in total. The Morgan fingerprint density at radius 3 is 2.62 bits per heavy atom. The van der Waals surface area contributed by atoms with E-state index in [4.69, 9.17) is 27.9 Å². The van der Waals surface area contributed by atoms with E-state index in [0.29, 0.717) is 43.7 Å². The lowest BCUT2D eigenvalue weighted by molar-refractivity contribution is 0.0366. The average Bonchev–Trinajstić information content (AvgIpc) is 2.87. The van der Waals surface area contributed by atoms with E-state index >= 15 is 0 Å².